The maximum atomic E-state index is 6.34. The number of hydrogen-bond acceptors (Lipinski definition) is 5. The summed E-state index contributed by atoms with van der Waals surface area (Å²) in [4.78, 5) is 16.5. The van der Waals surface area contributed by atoms with Gasteiger partial charge in [0.25, 0.3) is 0 Å². The zero-order valence-corrected chi connectivity index (χ0v) is 42.2. The van der Waals surface area contributed by atoms with E-state index in [1.165, 1.54) is 47.8 Å². The maximum absolute atomic E-state index is 6.34. The third-order valence-corrected chi connectivity index (χ3v) is 16.6. The van der Waals surface area contributed by atoms with Crippen molar-refractivity contribution < 1.29 is 4.42 Å². The van der Waals surface area contributed by atoms with Crippen LogP contribution in [0.2, 0.25) is 0 Å². The summed E-state index contributed by atoms with van der Waals surface area (Å²) in [5, 5.41) is 11.7. The summed E-state index contributed by atoms with van der Waals surface area (Å²) < 4.78 is 11.2. The Morgan fingerprint density at radius 2 is 0.922 bits per heavy atom. The molecular formula is C71H42N4OS. The quantitative estimate of drug-likeness (QED) is 0.160. The van der Waals surface area contributed by atoms with Gasteiger partial charge < -0.3 is 8.98 Å². The lowest BCUT2D eigenvalue weighted by Crippen LogP contribution is -2.04. The molecule has 4 heterocycles. The molecule has 0 saturated carbocycles. The van der Waals surface area contributed by atoms with Gasteiger partial charge in [-0.2, -0.15) is 0 Å². The predicted molar refractivity (Wildman–Crippen MR) is 322 cm³/mol. The first-order valence-corrected chi connectivity index (χ1v) is 26.8. The van der Waals surface area contributed by atoms with Crippen molar-refractivity contribution in [3.8, 4) is 73.2 Å². The molecule has 0 saturated heterocycles. The second-order valence-electron chi connectivity index (χ2n) is 19.9. The highest BCUT2D eigenvalue weighted by Gasteiger charge is 2.25. The van der Waals surface area contributed by atoms with Crippen LogP contribution in [-0.4, -0.2) is 19.5 Å². The minimum atomic E-state index is 0.573. The van der Waals surface area contributed by atoms with E-state index >= 15 is 0 Å². The summed E-state index contributed by atoms with van der Waals surface area (Å²) in [6.45, 7) is 0. The number of aromatic nitrogens is 4. The normalized spacial score (nSPS) is 11.9. The van der Waals surface area contributed by atoms with Gasteiger partial charge in [-0.25, -0.2) is 15.0 Å². The number of rotatable bonds is 7. The standard InChI is InChI=1S/C71H42N4OS/c1-3-17-43(18-4-1)46-24-15-25-49(37-46)58-41-51(40-57(44-19-5-2-6-20-44)67(58)75-61-35-33-45-21-9-10-26-52(45)66(61)60-38-47-22-7-8-23-48(47)42-62(60)75)70-72-69(50-34-36-64-59(39-50)53-27-11-13-31-63(53)76-64)73-71(74-70)56-30-16-29-55-54-28-12-14-32-65(54)77-68(55)56/h1-42H. The second-order valence-corrected chi connectivity index (χ2v) is 20.9. The molecule has 0 aliphatic rings. The highest BCUT2D eigenvalue weighted by molar-refractivity contribution is 7.26. The Morgan fingerprint density at radius 3 is 1.75 bits per heavy atom. The molecule has 0 spiro atoms. The average Bonchev–Trinajstić information content (AvgIpc) is 4.33. The molecule has 6 heteroatoms. The number of benzene rings is 12. The molecule has 0 radical (unpaired) electrons. The number of furan rings is 1. The fourth-order valence-electron chi connectivity index (χ4n) is 11.8. The smallest absolute Gasteiger partial charge is 0.165 e. The number of nitrogens with zero attached hydrogens (tertiary/aromatic N) is 4. The van der Waals surface area contributed by atoms with Gasteiger partial charge in [-0.15, -0.1) is 11.3 Å². The monoisotopic (exact) mass is 998 g/mol. The van der Waals surface area contributed by atoms with Gasteiger partial charge in [0.15, 0.2) is 17.5 Å². The molecule has 0 aliphatic carbocycles. The lowest BCUT2D eigenvalue weighted by Gasteiger charge is -2.21. The van der Waals surface area contributed by atoms with Crippen LogP contribution in [0, 0.1) is 0 Å². The van der Waals surface area contributed by atoms with Crippen molar-refractivity contribution in [2.75, 3.05) is 0 Å². The topological polar surface area (TPSA) is 56.7 Å². The van der Waals surface area contributed by atoms with Gasteiger partial charge in [-0.05, 0) is 117 Å². The van der Waals surface area contributed by atoms with Crippen LogP contribution in [0.15, 0.2) is 259 Å². The van der Waals surface area contributed by atoms with Crippen molar-refractivity contribution in [3.05, 3.63) is 255 Å². The molecule has 0 unspecified atom stereocenters. The summed E-state index contributed by atoms with van der Waals surface area (Å²) in [6, 6.07) is 91.5. The van der Waals surface area contributed by atoms with E-state index in [1.807, 2.05) is 18.2 Å². The summed E-state index contributed by atoms with van der Waals surface area (Å²) in [5.74, 6) is 1.76. The lowest BCUT2D eigenvalue weighted by molar-refractivity contribution is 0.669. The van der Waals surface area contributed by atoms with E-state index < -0.39 is 0 Å². The largest absolute Gasteiger partial charge is 0.456 e. The Labute approximate surface area is 446 Å². The summed E-state index contributed by atoms with van der Waals surface area (Å²) in [5.41, 5.74) is 14.2. The van der Waals surface area contributed by atoms with Crippen LogP contribution in [0.5, 0.6) is 0 Å². The van der Waals surface area contributed by atoms with E-state index in [0.717, 1.165) is 93.4 Å². The van der Waals surface area contributed by atoms with Gasteiger partial charge in [0.1, 0.15) is 11.2 Å². The summed E-state index contributed by atoms with van der Waals surface area (Å²) >= 11 is 1.78. The maximum Gasteiger partial charge on any atom is 0.165 e. The van der Waals surface area contributed by atoms with E-state index in [1.54, 1.807) is 11.3 Å². The van der Waals surface area contributed by atoms with Gasteiger partial charge in [0.05, 0.1) is 16.7 Å². The fourth-order valence-corrected chi connectivity index (χ4v) is 13.0. The molecule has 12 aromatic carbocycles. The van der Waals surface area contributed by atoms with Crippen LogP contribution in [0.1, 0.15) is 0 Å². The minimum Gasteiger partial charge on any atom is -0.456 e. The molecule has 5 nitrogen and oxygen atoms in total. The molecule has 0 bridgehead atoms. The SMILES string of the molecule is c1ccc(-c2cccc(-c3cc(-c4nc(-c5ccc6oc7ccccc7c6c5)nc(-c5cccc6c5sc5ccccc56)n4)cc(-c4ccccc4)c3-n3c4cc5ccccc5cc4c4c5ccccc5ccc43)c2)cc1. The van der Waals surface area contributed by atoms with Crippen LogP contribution in [0.25, 0.3) is 159 Å². The van der Waals surface area contributed by atoms with Gasteiger partial charge in [-0.3, -0.25) is 0 Å². The predicted octanol–water partition coefficient (Wildman–Crippen LogP) is 19.5. The van der Waals surface area contributed by atoms with Crippen molar-refractivity contribution in [2.24, 2.45) is 0 Å². The molecule has 0 N–H and O–H groups in total. The van der Waals surface area contributed by atoms with Crippen molar-refractivity contribution in [2.45, 2.75) is 0 Å². The lowest BCUT2D eigenvalue weighted by atomic mass is 9.91. The molecular weight excluding hydrogens is 957 g/mol. The molecule has 358 valence electrons. The van der Waals surface area contributed by atoms with Crippen molar-refractivity contribution >= 4 is 96.8 Å². The molecule has 16 rings (SSSR count). The van der Waals surface area contributed by atoms with E-state index in [0.29, 0.717) is 17.5 Å². The number of thiophene rings is 1. The van der Waals surface area contributed by atoms with Crippen LogP contribution in [-0.2, 0) is 0 Å². The Hall–Kier alpha value is -10.0. The third-order valence-electron chi connectivity index (χ3n) is 15.4. The van der Waals surface area contributed by atoms with Gasteiger partial charge in [0.2, 0.25) is 0 Å². The van der Waals surface area contributed by atoms with Gasteiger partial charge in [0, 0.05) is 69.5 Å². The first kappa shape index (κ1) is 43.4. The van der Waals surface area contributed by atoms with E-state index in [4.69, 9.17) is 19.4 Å². The van der Waals surface area contributed by atoms with E-state index in [-0.39, 0.29) is 0 Å². The Balaban J connectivity index is 1.03. The second kappa shape index (κ2) is 17.3. The molecule has 0 fully saturated rings. The Bertz CT molecular complexity index is 5050. The summed E-state index contributed by atoms with van der Waals surface area (Å²) in [6.07, 6.45) is 0. The van der Waals surface area contributed by atoms with E-state index in [2.05, 4.69) is 241 Å². The molecule has 77 heavy (non-hydrogen) atoms. The highest BCUT2D eigenvalue weighted by atomic mass is 32.1. The molecule has 16 aromatic rings. The van der Waals surface area contributed by atoms with Crippen molar-refractivity contribution in [1.82, 2.24) is 19.5 Å². The number of fused-ring (bicyclic) bond motifs is 12. The molecule has 0 amide bonds. The number of para-hydroxylation sites is 1. The van der Waals surface area contributed by atoms with Crippen molar-refractivity contribution in [1.29, 1.82) is 0 Å². The Morgan fingerprint density at radius 1 is 0.312 bits per heavy atom. The zero-order valence-electron chi connectivity index (χ0n) is 41.4. The zero-order chi connectivity index (χ0) is 50.6. The fraction of sp³-hybridized carbons (Fsp3) is 0. The van der Waals surface area contributed by atoms with Gasteiger partial charge in [-0.1, -0.05) is 182 Å². The van der Waals surface area contributed by atoms with Crippen LogP contribution in [0.3, 0.4) is 0 Å². The molecule has 4 aromatic heterocycles. The average molecular weight is 999 g/mol. The first-order valence-electron chi connectivity index (χ1n) is 26.0. The van der Waals surface area contributed by atoms with Crippen molar-refractivity contribution in [3.63, 3.8) is 0 Å². The van der Waals surface area contributed by atoms with Crippen LogP contribution in [0.4, 0.5) is 0 Å². The summed E-state index contributed by atoms with van der Waals surface area (Å²) in [7, 11) is 0. The molecule has 0 aliphatic heterocycles. The van der Waals surface area contributed by atoms with Crippen LogP contribution >= 0.6 is 11.3 Å². The third kappa shape index (κ3) is 7.03. The first-order chi connectivity index (χ1) is 38.1. The van der Waals surface area contributed by atoms with Crippen LogP contribution < -0.4 is 0 Å². The van der Waals surface area contributed by atoms with E-state index in [9.17, 15) is 0 Å². The highest BCUT2D eigenvalue weighted by Crippen LogP contribution is 2.47. The minimum absolute atomic E-state index is 0.573. The molecule has 0 atom stereocenters. The Kier molecular flexibility index (Phi) is 9.74. The van der Waals surface area contributed by atoms with Gasteiger partial charge >= 0.3 is 0 Å². The number of hydrogen-bond donors (Lipinski definition) is 0.